The van der Waals surface area contributed by atoms with Crippen LogP contribution in [0.25, 0.3) is 31.8 Å². The summed E-state index contributed by atoms with van der Waals surface area (Å²) in [7, 11) is 1.55. The van der Waals surface area contributed by atoms with Gasteiger partial charge in [-0.25, -0.2) is 19.7 Å². The number of thiazole rings is 1. The number of nitro benzene ring substituents is 1. The lowest BCUT2D eigenvalue weighted by Crippen LogP contribution is -2.38. The Labute approximate surface area is 225 Å². The Morgan fingerprint density at radius 1 is 1.21 bits per heavy atom. The largest absolute Gasteiger partial charge is 0.488 e. The molecule has 0 aliphatic carbocycles. The lowest BCUT2D eigenvalue weighted by molar-refractivity contribution is -0.384. The molecular weight excluding hydrogens is 522 g/mol. The maximum atomic E-state index is 12.0. The Balaban J connectivity index is 1.31. The molecule has 5 aromatic rings. The van der Waals surface area contributed by atoms with Crippen molar-refractivity contribution in [1.29, 1.82) is 0 Å². The van der Waals surface area contributed by atoms with Crippen LogP contribution in [0.1, 0.15) is 11.1 Å². The number of aromatic nitrogens is 3. The van der Waals surface area contributed by atoms with Gasteiger partial charge in [0.2, 0.25) is 5.88 Å². The van der Waals surface area contributed by atoms with E-state index >= 15 is 0 Å². The standard InChI is InChI=1S/C27H21N5O6S/c1-14-9-19(24-21(10-14)29-23(37-2)12-28-24)26-30-20-7-8-22-18(25(20)39-26)11-17(38-22)13-31(27(33)34)15-3-5-16(6-4-15)32(35)36/h3-10,12,17H,11,13H2,1-2H3,(H,33,34)/t17-/m0/s1. The average molecular weight is 544 g/mol. The summed E-state index contributed by atoms with van der Waals surface area (Å²) >= 11 is 1.53. The fourth-order valence-corrected chi connectivity index (χ4v) is 5.89. The molecule has 0 unspecified atom stereocenters. The number of carboxylic acid groups (broad SMARTS) is 1. The van der Waals surface area contributed by atoms with Crippen LogP contribution in [-0.2, 0) is 6.42 Å². The molecule has 0 fully saturated rings. The van der Waals surface area contributed by atoms with Gasteiger partial charge in [-0.2, -0.15) is 0 Å². The Morgan fingerprint density at radius 2 is 2.00 bits per heavy atom. The van der Waals surface area contributed by atoms with Gasteiger partial charge in [-0.1, -0.05) is 0 Å². The number of carbonyl (C=O) groups is 1. The number of benzene rings is 3. The van der Waals surface area contributed by atoms with E-state index in [1.165, 1.54) is 35.6 Å². The van der Waals surface area contributed by atoms with Crippen molar-refractivity contribution < 1.29 is 24.3 Å². The van der Waals surface area contributed by atoms with Gasteiger partial charge >= 0.3 is 6.09 Å². The fraction of sp³-hybridized carbons (Fsp3) is 0.185. The lowest BCUT2D eigenvalue weighted by atomic mass is 10.1. The summed E-state index contributed by atoms with van der Waals surface area (Å²) in [5.74, 6) is 1.13. The topological polar surface area (TPSA) is 141 Å². The van der Waals surface area contributed by atoms with Crippen molar-refractivity contribution in [3.8, 4) is 22.2 Å². The number of anilines is 1. The molecule has 0 saturated carbocycles. The van der Waals surface area contributed by atoms with Gasteiger partial charge in [0.05, 0.1) is 46.0 Å². The van der Waals surface area contributed by atoms with E-state index in [4.69, 9.17) is 14.5 Å². The maximum absolute atomic E-state index is 12.0. The molecule has 1 N–H and O–H groups in total. The van der Waals surface area contributed by atoms with Crippen molar-refractivity contribution in [2.24, 2.45) is 0 Å². The lowest BCUT2D eigenvalue weighted by Gasteiger charge is -2.22. The van der Waals surface area contributed by atoms with Crippen molar-refractivity contribution in [3.63, 3.8) is 0 Å². The van der Waals surface area contributed by atoms with E-state index in [2.05, 4.69) is 9.97 Å². The quantitative estimate of drug-likeness (QED) is 0.213. The number of fused-ring (bicyclic) bond motifs is 4. The van der Waals surface area contributed by atoms with E-state index in [1.54, 1.807) is 13.3 Å². The molecule has 0 radical (unpaired) electrons. The molecule has 12 heteroatoms. The van der Waals surface area contributed by atoms with Crippen molar-refractivity contribution in [2.45, 2.75) is 19.4 Å². The number of hydrogen-bond acceptors (Lipinski definition) is 9. The predicted molar refractivity (Wildman–Crippen MR) is 146 cm³/mol. The van der Waals surface area contributed by atoms with Crippen molar-refractivity contribution in [3.05, 3.63) is 76.0 Å². The highest BCUT2D eigenvalue weighted by Gasteiger charge is 2.30. The highest BCUT2D eigenvalue weighted by molar-refractivity contribution is 7.22. The summed E-state index contributed by atoms with van der Waals surface area (Å²) in [6, 6.07) is 13.2. The van der Waals surface area contributed by atoms with E-state index < -0.39 is 17.1 Å². The van der Waals surface area contributed by atoms with Crippen molar-refractivity contribution in [1.82, 2.24) is 15.0 Å². The number of rotatable bonds is 6. The minimum absolute atomic E-state index is 0.0644. The smallest absolute Gasteiger partial charge is 0.411 e. The summed E-state index contributed by atoms with van der Waals surface area (Å²) in [6.45, 7) is 2.06. The molecule has 3 heterocycles. The summed E-state index contributed by atoms with van der Waals surface area (Å²) < 4.78 is 12.3. The molecule has 1 aliphatic rings. The number of ether oxygens (including phenoxy) is 2. The first-order valence-electron chi connectivity index (χ1n) is 12.0. The first kappa shape index (κ1) is 24.5. The molecule has 1 amide bonds. The molecule has 3 aromatic carbocycles. The monoisotopic (exact) mass is 543 g/mol. The third-order valence-electron chi connectivity index (χ3n) is 6.54. The Hall–Kier alpha value is -4.84. The van der Waals surface area contributed by atoms with Crippen molar-refractivity contribution in [2.75, 3.05) is 18.6 Å². The Kier molecular flexibility index (Phi) is 5.95. The number of nitrogens with zero attached hydrogens (tertiary/aromatic N) is 5. The third kappa shape index (κ3) is 4.44. The first-order chi connectivity index (χ1) is 18.8. The zero-order chi connectivity index (χ0) is 27.3. The average Bonchev–Trinajstić information content (AvgIpc) is 3.54. The van der Waals surface area contributed by atoms with Gasteiger partial charge in [0.1, 0.15) is 16.9 Å². The SMILES string of the molecule is COc1cnc2c(-c3nc4ccc5c(c4s3)C[C@@H](CN(C(=O)O)c3ccc([N+](=O)[O-])cc3)O5)cc(C)cc2n1. The van der Waals surface area contributed by atoms with Gasteiger partial charge < -0.3 is 14.6 Å². The number of nitro groups is 1. The fourth-order valence-electron chi connectivity index (χ4n) is 4.76. The van der Waals surface area contributed by atoms with Crippen LogP contribution in [-0.4, -0.2) is 50.8 Å². The van der Waals surface area contributed by atoms with Crippen LogP contribution >= 0.6 is 11.3 Å². The van der Waals surface area contributed by atoms with E-state index in [0.29, 0.717) is 23.7 Å². The Bertz CT molecular complexity index is 1770. The van der Waals surface area contributed by atoms with Crippen LogP contribution in [0.4, 0.5) is 16.2 Å². The number of methoxy groups -OCH3 is 1. The zero-order valence-corrected chi connectivity index (χ0v) is 21.6. The molecule has 11 nitrogen and oxygen atoms in total. The van der Waals surface area contributed by atoms with E-state index in [9.17, 15) is 20.0 Å². The molecule has 196 valence electrons. The van der Waals surface area contributed by atoms with Gasteiger partial charge in [-0.15, -0.1) is 11.3 Å². The third-order valence-corrected chi connectivity index (χ3v) is 7.70. The Morgan fingerprint density at radius 3 is 2.72 bits per heavy atom. The number of aryl methyl sites for hydroxylation is 1. The van der Waals surface area contributed by atoms with E-state index in [0.717, 1.165) is 47.8 Å². The molecule has 0 bridgehead atoms. The molecule has 1 aliphatic heterocycles. The van der Waals surface area contributed by atoms with Crippen LogP contribution in [0.3, 0.4) is 0 Å². The molecule has 39 heavy (non-hydrogen) atoms. The second kappa shape index (κ2) is 9.48. The summed E-state index contributed by atoms with van der Waals surface area (Å²) in [5.41, 5.74) is 5.36. The van der Waals surface area contributed by atoms with E-state index in [1.807, 2.05) is 31.2 Å². The highest BCUT2D eigenvalue weighted by atomic mass is 32.1. The van der Waals surface area contributed by atoms with Gasteiger partial charge in [0.25, 0.3) is 5.69 Å². The zero-order valence-electron chi connectivity index (χ0n) is 20.8. The van der Waals surface area contributed by atoms with Crippen LogP contribution < -0.4 is 14.4 Å². The molecular formula is C27H21N5O6S. The normalized spacial score (nSPS) is 14.3. The van der Waals surface area contributed by atoms with Crippen molar-refractivity contribution >= 4 is 50.1 Å². The second-order valence-electron chi connectivity index (χ2n) is 9.11. The highest BCUT2D eigenvalue weighted by Crippen LogP contribution is 2.42. The summed E-state index contributed by atoms with van der Waals surface area (Å²) in [6.07, 6.45) is 0.485. The maximum Gasteiger partial charge on any atom is 0.411 e. The second-order valence-corrected chi connectivity index (χ2v) is 10.1. The molecule has 1 atom stereocenters. The molecule has 6 rings (SSSR count). The number of non-ortho nitro benzene ring substituents is 1. The van der Waals surface area contributed by atoms with Crippen LogP contribution in [0.2, 0.25) is 0 Å². The minimum atomic E-state index is -1.17. The molecule has 0 saturated heterocycles. The van der Waals surface area contributed by atoms with Crippen LogP contribution in [0.5, 0.6) is 11.6 Å². The minimum Gasteiger partial charge on any atom is -0.488 e. The van der Waals surface area contributed by atoms with E-state index in [-0.39, 0.29) is 12.2 Å². The predicted octanol–water partition coefficient (Wildman–Crippen LogP) is 5.62. The molecule has 2 aromatic heterocycles. The van der Waals surface area contributed by atoms with Crippen LogP contribution in [0.15, 0.2) is 54.7 Å². The van der Waals surface area contributed by atoms with Gasteiger partial charge in [0.15, 0.2) is 0 Å². The van der Waals surface area contributed by atoms with Gasteiger partial charge in [-0.05, 0) is 48.9 Å². The van der Waals surface area contributed by atoms with Gasteiger partial charge in [-0.3, -0.25) is 15.0 Å². The summed E-state index contributed by atoms with van der Waals surface area (Å²) in [5, 5.41) is 21.6. The first-order valence-corrected chi connectivity index (χ1v) is 12.8. The summed E-state index contributed by atoms with van der Waals surface area (Å²) in [4.78, 5) is 37.6. The van der Waals surface area contributed by atoms with Gasteiger partial charge in [0, 0.05) is 35.4 Å². The number of hydrogen-bond donors (Lipinski definition) is 1. The number of amides is 1. The van der Waals surface area contributed by atoms with Crippen LogP contribution in [0, 0.1) is 17.0 Å². The molecule has 0 spiro atoms.